The molecule has 1 aromatic carbocycles. The summed E-state index contributed by atoms with van der Waals surface area (Å²) in [7, 11) is 0. The van der Waals surface area contributed by atoms with E-state index in [1.165, 1.54) is 0 Å². The third-order valence-corrected chi connectivity index (χ3v) is 3.65. The fourth-order valence-corrected chi connectivity index (χ4v) is 2.50. The lowest BCUT2D eigenvalue weighted by molar-refractivity contribution is -0.120. The molecule has 136 valence electrons. The molecule has 7 nitrogen and oxygen atoms in total. The van der Waals surface area contributed by atoms with E-state index >= 15 is 0 Å². The Kier molecular flexibility index (Phi) is 6.01. The second-order valence-corrected chi connectivity index (χ2v) is 7.03. The van der Waals surface area contributed by atoms with Gasteiger partial charge in [-0.2, -0.15) is 0 Å². The zero-order chi connectivity index (χ0) is 18.4. The summed E-state index contributed by atoms with van der Waals surface area (Å²) in [5.74, 6) is -0.571. The summed E-state index contributed by atoms with van der Waals surface area (Å²) in [6.45, 7) is 6.29. The average Bonchev–Trinajstić information content (AvgIpc) is 3.00. The van der Waals surface area contributed by atoms with Crippen molar-refractivity contribution in [1.29, 1.82) is 0 Å². The van der Waals surface area contributed by atoms with E-state index in [0.717, 1.165) is 0 Å². The maximum Gasteiger partial charge on any atom is 0.410 e. The Morgan fingerprint density at radius 3 is 2.52 bits per heavy atom. The summed E-state index contributed by atoms with van der Waals surface area (Å²) < 4.78 is 5.32. The highest BCUT2D eigenvalue weighted by Gasteiger charge is 2.30. The van der Waals surface area contributed by atoms with Gasteiger partial charge in [-0.1, -0.05) is 18.2 Å². The van der Waals surface area contributed by atoms with Gasteiger partial charge in [0.05, 0.1) is 6.54 Å². The van der Waals surface area contributed by atoms with Crippen LogP contribution in [0.25, 0.3) is 0 Å². The van der Waals surface area contributed by atoms with E-state index in [-0.39, 0.29) is 30.5 Å². The highest BCUT2D eigenvalue weighted by Crippen LogP contribution is 2.15. The number of nitrogens with one attached hydrogen (secondary N) is 2. The minimum Gasteiger partial charge on any atom is -0.444 e. The smallest absolute Gasteiger partial charge is 0.410 e. The second-order valence-electron chi connectivity index (χ2n) is 7.03. The molecule has 0 aromatic heterocycles. The Hall–Kier alpha value is -2.57. The molecule has 1 aliphatic rings. The van der Waals surface area contributed by atoms with E-state index in [2.05, 4.69) is 10.6 Å². The first-order valence-corrected chi connectivity index (χ1v) is 8.35. The standard InChI is InChI=1S/C18H25N3O4/c1-18(2,3)25-17(24)21-10-9-14(12-21)20-15(22)11-19-16(23)13-7-5-4-6-8-13/h4-8,14H,9-12H2,1-3H3,(H,19,23)(H,20,22)/t14-/m0/s1. The van der Waals surface area contributed by atoms with Crippen molar-refractivity contribution in [2.45, 2.75) is 38.8 Å². The number of hydrogen-bond acceptors (Lipinski definition) is 4. The molecule has 0 saturated carbocycles. The quantitative estimate of drug-likeness (QED) is 0.865. The number of nitrogens with zero attached hydrogens (tertiary/aromatic N) is 1. The molecule has 0 spiro atoms. The number of rotatable bonds is 4. The highest BCUT2D eigenvalue weighted by molar-refractivity contribution is 5.96. The minimum atomic E-state index is -0.542. The van der Waals surface area contributed by atoms with Crippen LogP contribution in [0.5, 0.6) is 0 Å². The minimum absolute atomic E-state index is 0.101. The van der Waals surface area contributed by atoms with Crippen LogP contribution in [0.2, 0.25) is 0 Å². The van der Waals surface area contributed by atoms with Crippen LogP contribution in [0.3, 0.4) is 0 Å². The molecule has 1 aliphatic heterocycles. The van der Waals surface area contributed by atoms with Crippen LogP contribution < -0.4 is 10.6 Å². The molecule has 1 heterocycles. The normalized spacial score (nSPS) is 17.1. The van der Waals surface area contributed by atoms with E-state index < -0.39 is 5.60 Å². The first-order chi connectivity index (χ1) is 11.7. The van der Waals surface area contributed by atoms with Crippen molar-refractivity contribution in [2.75, 3.05) is 19.6 Å². The first kappa shape index (κ1) is 18.8. The van der Waals surface area contributed by atoms with Crippen molar-refractivity contribution in [3.05, 3.63) is 35.9 Å². The maximum atomic E-state index is 12.0. The molecule has 1 aromatic rings. The van der Waals surface area contributed by atoms with Crippen molar-refractivity contribution < 1.29 is 19.1 Å². The zero-order valence-corrected chi connectivity index (χ0v) is 14.9. The number of ether oxygens (including phenoxy) is 1. The van der Waals surface area contributed by atoms with Crippen LogP contribution >= 0.6 is 0 Å². The largest absolute Gasteiger partial charge is 0.444 e. The third-order valence-electron chi connectivity index (χ3n) is 3.65. The topological polar surface area (TPSA) is 87.7 Å². The lowest BCUT2D eigenvalue weighted by Crippen LogP contribution is -2.44. The maximum absolute atomic E-state index is 12.0. The molecule has 0 aliphatic carbocycles. The van der Waals surface area contributed by atoms with Gasteiger partial charge in [0.15, 0.2) is 0 Å². The molecule has 1 fully saturated rings. The van der Waals surface area contributed by atoms with Gasteiger partial charge in [-0.25, -0.2) is 4.79 Å². The number of carbonyl (C=O) groups excluding carboxylic acids is 3. The molecule has 2 N–H and O–H groups in total. The molecular weight excluding hydrogens is 322 g/mol. The summed E-state index contributed by atoms with van der Waals surface area (Å²) in [5, 5.41) is 5.41. The predicted octanol–water partition coefficient (Wildman–Crippen LogP) is 1.54. The van der Waals surface area contributed by atoms with Gasteiger partial charge in [0.2, 0.25) is 5.91 Å². The number of carbonyl (C=O) groups is 3. The lowest BCUT2D eigenvalue weighted by Gasteiger charge is -2.24. The Bertz CT molecular complexity index is 625. The number of amides is 3. The molecular formula is C18H25N3O4. The molecule has 0 bridgehead atoms. The number of benzene rings is 1. The van der Waals surface area contributed by atoms with E-state index in [0.29, 0.717) is 25.1 Å². The van der Waals surface area contributed by atoms with Gasteiger partial charge in [0, 0.05) is 24.7 Å². The van der Waals surface area contributed by atoms with Crippen molar-refractivity contribution in [1.82, 2.24) is 15.5 Å². The SMILES string of the molecule is CC(C)(C)OC(=O)N1CC[C@H](NC(=O)CNC(=O)c2ccccc2)C1. The van der Waals surface area contributed by atoms with Gasteiger partial charge in [-0.05, 0) is 39.3 Å². The third kappa shape index (κ3) is 6.10. The van der Waals surface area contributed by atoms with Gasteiger partial charge in [-0.3, -0.25) is 9.59 Å². The molecule has 3 amide bonds. The van der Waals surface area contributed by atoms with Crippen molar-refractivity contribution in [2.24, 2.45) is 0 Å². The van der Waals surface area contributed by atoms with Crippen LogP contribution in [0.15, 0.2) is 30.3 Å². The summed E-state index contributed by atoms with van der Waals surface area (Å²) in [6.07, 6.45) is 0.291. The monoisotopic (exact) mass is 347 g/mol. The van der Waals surface area contributed by atoms with Crippen LogP contribution in [0.1, 0.15) is 37.6 Å². The molecule has 1 saturated heterocycles. The van der Waals surface area contributed by atoms with E-state index in [4.69, 9.17) is 4.74 Å². The van der Waals surface area contributed by atoms with Gasteiger partial charge >= 0.3 is 6.09 Å². The molecule has 7 heteroatoms. The van der Waals surface area contributed by atoms with Gasteiger partial charge in [0.25, 0.3) is 5.91 Å². The van der Waals surface area contributed by atoms with Crippen LogP contribution in [0.4, 0.5) is 4.79 Å². The van der Waals surface area contributed by atoms with Crippen LogP contribution in [-0.4, -0.2) is 54.1 Å². The number of hydrogen-bond donors (Lipinski definition) is 2. The fraction of sp³-hybridized carbons (Fsp3) is 0.500. The zero-order valence-electron chi connectivity index (χ0n) is 14.9. The number of likely N-dealkylation sites (tertiary alicyclic amines) is 1. The molecule has 0 radical (unpaired) electrons. The predicted molar refractivity (Wildman–Crippen MR) is 93.1 cm³/mol. The molecule has 2 rings (SSSR count). The molecule has 25 heavy (non-hydrogen) atoms. The summed E-state index contributed by atoms with van der Waals surface area (Å²) in [5.41, 5.74) is -0.0348. The molecule has 1 atom stereocenters. The van der Waals surface area contributed by atoms with Gasteiger partial charge < -0.3 is 20.3 Å². The average molecular weight is 347 g/mol. The molecule has 0 unspecified atom stereocenters. The lowest BCUT2D eigenvalue weighted by atomic mass is 10.2. The first-order valence-electron chi connectivity index (χ1n) is 8.35. The van der Waals surface area contributed by atoms with Gasteiger partial charge in [0.1, 0.15) is 5.60 Å². The summed E-state index contributed by atoms with van der Waals surface area (Å²) >= 11 is 0. The van der Waals surface area contributed by atoms with Crippen molar-refractivity contribution in [3.8, 4) is 0 Å². The highest BCUT2D eigenvalue weighted by atomic mass is 16.6. The Morgan fingerprint density at radius 2 is 1.88 bits per heavy atom. The van der Waals surface area contributed by atoms with E-state index in [1.807, 2.05) is 26.8 Å². The Balaban J connectivity index is 1.73. The summed E-state index contributed by atoms with van der Waals surface area (Å²) in [4.78, 5) is 37.5. The fourth-order valence-electron chi connectivity index (χ4n) is 2.50. The van der Waals surface area contributed by atoms with Gasteiger partial charge in [-0.15, -0.1) is 0 Å². The van der Waals surface area contributed by atoms with Crippen molar-refractivity contribution in [3.63, 3.8) is 0 Å². The van der Waals surface area contributed by atoms with E-state index in [9.17, 15) is 14.4 Å². The Morgan fingerprint density at radius 1 is 1.20 bits per heavy atom. The van der Waals surface area contributed by atoms with Crippen LogP contribution in [-0.2, 0) is 9.53 Å². The van der Waals surface area contributed by atoms with Crippen LogP contribution in [0, 0.1) is 0 Å². The second kappa shape index (κ2) is 8.00. The van der Waals surface area contributed by atoms with E-state index in [1.54, 1.807) is 29.2 Å². The van der Waals surface area contributed by atoms with Crippen molar-refractivity contribution >= 4 is 17.9 Å². The summed E-state index contributed by atoms with van der Waals surface area (Å²) in [6, 6.07) is 8.58. The Labute approximate surface area is 147 Å².